The van der Waals surface area contributed by atoms with Gasteiger partial charge in [-0.1, -0.05) is 12.8 Å². The smallest absolute Gasteiger partial charge is 0.205 e. The van der Waals surface area contributed by atoms with Crippen LogP contribution in [0, 0.1) is 6.92 Å². The first-order valence-corrected chi connectivity index (χ1v) is 6.63. The van der Waals surface area contributed by atoms with E-state index in [2.05, 4.69) is 39.9 Å². The van der Waals surface area contributed by atoms with Gasteiger partial charge in [-0.15, -0.1) is 0 Å². The van der Waals surface area contributed by atoms with E-state index in [0.29, 0.717) is 6.04 Å². The minimum atomic E-state index is 0.670. The van der Waals surface area contributed by atoms with Crippen molar-refractivity contribution in [2.45, 2.75) is 38.6 Å². The maximum Gasteiger partial charge on any atom is 0.205 e. The fourth-order valence-electron chi connectivity index (χ4n) is 2.62. The molecule has 1 aromatic heterocycles. The van der Waals surface area contributed by atoms with Crippen molar-refractivity contribution in [3.8, 4) is 0 Å². The van der Waals surface area contributed by atoms with Crippen molar-refractivity contribution in [1.82, 2.24) is 14.9 Å². The molecule has 4 nitrogen and oxygen atoms in total. The van der Waals surface area contributed by atoms with Crippen molar-refractivity contribution >= 4 is 5.95 Å². The van der Waals surface area contributed by atoms with Crippen molar-refractivity contribution in [2.24, 2.45) is 0 Å². The second-order valence-electron chi connectivity index (χ2n) is 5.05. The minimum absolute atomic E-state index is 0.670. The molecule has 0 spiro atoms. The predicted molar refractivity (Wildman–Crippen MR) is 71.7 cm³/mol. The molecule has 0 radical (unpaired) electrons. The summed E-state index contributed by atoms with van der Waals surface area (Å²) < 4.78 is 2.39. The molecule has 0 bridgehead atoms. The zero-order valence-electron chi connectivity index (χ0n) is 11.2. The highest BCUT2D eigenvalue weighted by Crippen LogP contribution is 2.32. The summed E-state index contributed by atoms with van der Waals surface area (Å²) in [5.74, 6) is 1.13. The molecule has 0 amide bonds. The van der Waals surface area contributed by atoms with E-state index in [1.54, 1.807) is 0 Å². The molecule has 0 aliphatic heterocycles. The molecule has 1 aliphatic carbocycles. The van der Waals surface area contributed by atoms with Gasteiger partial charge in [0.25, 0.3) is 0 Å². The zero-order valence-corrected chi connectivity index (χ0v) is 11.2. The Morgan fingerprint density at radius 2 is 2.18 bits per heavy atom. The van der Waals surface area contributed by atoms with Gasteiger partial charge in [0.2, 0.25) is 5.95 Å². The Morgan fingerprint density at radius 3 is 2.82 bits per heavy atom. The third-order valence-electron chi connectivity index (χ3n) is 3.59. The first kappa shape index (κ1) is 12.4. The fourth-order valence-corrected chi connectivity index (χ4v) is 2.62. The first-order chi connectivity index (χ1) is 8.22. The molecule has 1 N–H and O–H groups in total. The van der Waals surface area contributed by atoms with Gasteiger partial charge in [0.15, 0.2) is 0 Å². The van der Waals surface area contributed by atoms with Crippen LogP contribution in [0.2, 0.25) is 0 Å². The van der Waals surface area contributed by atoms with Crippen LogP contribution in [0.5, 0.6) is 0 Å². The SMILES string of the molecule is CNCCN(C)c1nc(C)cn1C1CCCC1. The second kappa shape index (κ2) is 5.54. The lowest BCUT2D eigenvalue weighted by Gasteiger charge is -2.22. The quantitative estimate of drug-likeness (QED) is 0.848. The Balaban J connectivity index is 2.14. The van der Waals surface area contributed by atoms with Crippen LogP contribution < -0.4 is 10.2 Å². The maximum atomic E-state index is 4.67. The molecule has 0 aromatic carbocycles. The van der Waals surface area contributed by atoms with Crippen LogP contribution in [-0.2, 0) is 0 Å². The lowest BCUT2D eigenvalue weighted by Crippen LogP contribution is -2.29. The molecule has 0 saturated heterocycles. The number of hydrogen-bond acceptors (Lipinski definition) is 3. The van der Waals surface area contributed by atoms with E-state index in [1.807, 2.05) is 7.05 Å². The summed E-state index contributed by atoms with van der Waals surface area (Å²) in [6, 6.07) is 0.670. The molecule has 1 aliphatic rings. The molecular weight excluding hydrogens is 212 g/mol. The normalized spacial score (nSPS) is 16.6. The Morgan fingerprint density at radius 1 is 1.47 bits per heavy atom. The summed E-state index contributed by atoms with van der Waals surface area (Å²) in [6.45, 7) is 4.08. The molecule has 0 atom stereocenters. The van der Waals surface area contributed by atoms with E-state index < -0.39 is 0 Å². The monoisotopic (exact) mass is 236 g/mol. The Kier molecular flexibility index (Phi) is 4.05. The van der Waals surface area contributed by atoms with E-state index in [4.69, 9.17) is 0 Å². The van der Waals surface area contributed by atoms with Gasteiger partial charge in [0, 0.05) is 32.4 Å². The molecule has 2 rings (SSSR count). The molecule has 1 fully saturated rings. The van der Waals surface area contributed by atoms with E-state index in [-0.39, 0.29) is 0 Å². The lowest BCUT2D eigenvalue weighted by atomic mass is 10.2. The molecule has 96 valence electrons. The summed E-state index contributed by atoms with van der Waals surface area (Å²) in [7, 11) is 4.12. The largest absolute Gasteiger partial charge is 0.344 e. The molecule has 0 unspecified atom stereocenters. The highest BCUT2D eigenvalue weighted by atomic mass is 15.3. The van der Waals surface area contributed by atoms with Gasteiger partial charge in [-0.05, 0) is 26.8 Å². The standard InChI is InChI=1S/C13H24N4/c1-11-10-17(12-6-4-5-7-12)13(15-11)16(3)9-8-14-2/h10,12,14H,4-9H2,1-3H3. The summed E-state index contributed by atoms with van der Waals surface area (Å²) >= 11 is 0. The second-order valence-corrected chi connectivity index (χ2v) is 5.05. The minimum Gasteiger partial charge on any atom is -0.344 e. The van der Waals surface area contributed by atoms with Gasteiger partial charge < -0.3 is 14.8 Å². The number of nitrogens with one attached hydrogen (secondary N) is 1. The van der Waals surface area contributed by atoms with Crippen molar-refractivity contribution in [1.29, 1.82) is 0 Å². The van der Waals surface area contributed by atoms with Crippen molar-refractivity contribution in [3.05, 3.63) is 11.9 Å². The molecular formula is C13H24N4. The van der Waals surface area contributed by atoms with Crippen LogP contribution in [-0.4, -0.2) is 36.7 Å². The van der Waals surface area contributed by atoms with Crippen LogP contribution >= 0.6 is 0 Å². The van der Waals surface area contributed by atoms with Gasteiger partial charge in [-0.25, -0.2) is 4.98 Å². The summed E-state index contributed by atoms with van der Waals surface area (Å²) in [4.78, 5) is 6.92. The highest BCUT2D eigenvalue weighted by Gasteiger charge is 2.21. The molecule has 1 saturated carbocycles. The van der Waals surface area contributed by atoms with Gasteiger partial charge in [-0.3, -0.25) is 0 Å². The van der Waals surface area contributed by atoms with E-state index in [1.165, 1.54) is 25.7 Å². The Bertz CT molecular complexity index is 352. The first-order valence-electron chi connectivity index (χ1n) is 6.63. The number of rotatable bonds is 5. The third kappa shape index (κ3) is 2.80. The Labute approximate surface area is 104 Å². The van der Waals surface area contributed by atoms with Gasteiger partial charge >= 0.3 is 0 Å². The zero-order chi connectivity index (χ0) is 12.3. The van der Waals surface area contributed by atoms with Gasteiger partial charge in [0.05, 0.1) is 5.69 Å². The van der Waals surface area contributed by atoms with Crippen LogP contribution in [0.3, 0.4) is 0 Å². The fraction of sp³-hybridized carbons (Fsp3) is 0.769. The average molecular weight is 236 g/mol. The van der Waals surface area contributed by atoms with Crippen molar-refractivity contribution < 1.29 is 0 Å². The topological polar surface area (TPSA) is 33.1 Å². The highest BCUT2D eigenvalue weighted by molar-refractivity contribution is 5.33. The molecule has 1 heterocycles. The number of aryl methyl sites for hydroxylation is 1. The van der Waals surface area contributed by atoms with Crippen LogP contribution in [0.25, 0.3) is 0 Å². The van der Waals surface area contributed by atoms with Crippen LogP contribution in [0.15, 0.2) is 6.20 Å². The molecule has 1 aromatic rings. The van der Waals surface area contributed by atoms with E-state index in [0.717, 1.165) is 24.7 Å². The van der Waals surface area contributed by atoms with Gasteiger partial charge in [-0.2, -0.15) is 0 Å². The maximum absolute atomic E-state index is 4.67. The molecule has 4 heteroatoms. The van der Waals surface area contributed by atoms with Crippen molar-refractivity contribution in [3.63, 3.8) is 0 Å². The lowest BCUT2D eigenvalue weighted by molar-refractivity contribution is 0.514. The number of likely N-dealkylation sites (N-methyl/N-ethyl adjacent to an activating group) is 2. The van der Waals surface area contributed by atoms with Crippen LogP contribution in [0.1, 0.15) is 37.4 Å². The average Bonchev–Trinajstić information content (AvgIpc) is 2.93. The number of aromatic nitrogens is 2. The van der Waals surface area contributed by atoms with E-state index >= 15 is 0 Å². The number of anilines is 1. The molecule has 17 heavy (non-hydrogen) atoms. The Hall–Kier alpha value is -1.03. The van der Waals surface area contributed by atoms with Gasteiger partial charge in [0.1, 0.15) is 0 Å². The number of hydrogen-bond donors (Lipinski definition) is 1. The summed E-state index contributed by atoms with van der Waals surface area (Å²) in [6.07, 6.45) is 7.55. The predicted octanol–water partition coefficient (Wildman–Crippen LogP) is 1.96. The third-order valence-corrected chi connectivity index (χ3v) is 3.59. The van der Waals surface area contributed by atoms with Crippen molar-refractivity contribution in [2.75, 3.05) is 32.1 Å². The number of nitrogens with zero attached hydrogens (tertiary/aromatic N) is 3. The summed E-state index contributed by atoms with van der Waals surface area (Å²) in [5.41, 5.74) is 1.13. The number of imidazole rings is 1. The van der Waals surface area contributed by atoms with Crippen LogP contribution in [0.4, 0.5) is 5.95 Å². The van der Waals surface area contributed by atoms with E-state index in [9.17, 15) is 0 Å². The summed E-state index contributed by atoms with van der Waals surface area (Å²) in [5, 5.41) is 3.19.